The number of hydrogen-bond acceptors (Lipinski definition) is 2. The molecular weight excluding hydrogens is 197 g/mol. The van der Waals surface area contributed by atoms with Crippen LogP contribution in [0, 0.1) is 17.7 Å². The first-order chi connectivity index (χ1) is 7.24. The van der Waals surface area contributed by atoms with Gasteiger partial charge in [0.05, 0.1) is 5.56 Å². The molecule has 0 aromatic heterocycles. The van der Waals surface area contributed by atoms with Crippen molar-refractivity contribution in [3.63, 3.8) is 0 Å². The quantitative estimate of drug-likeness (QED) is 0.260. The second-order valence-electron chi connectivity index (χ2n) is 2.67. The molecule has 0 saturated heterocycles. The molecule has 4 nitrogen and oxygen atoms in total. The zero-order valence-electron chi connectivity index (χ0n) is 7.81. The Morgan fingerprint density at radius 2 is 2.33 bits per heavy atom. The molecule has 5 heteroatoms. The van der Waals surface area contributed by atoms with Crippen molar-refractivity contribution in [3.8, 4) is 17.6 Å². The van der Waals surface area contributed by atoms with Gasteiger partial charge < -0.3 is 5.11 Å². The Morgan fingerprint density at radius 3 is 3.07 bits per heavy atom. The number of rotatable bonds is 2. The summed E-state index contributed by atoms with van der Waals surface area (Å²) < 4.78 is 13.0. The maximum atomic E-state index is 13.0. The molecule has 0 amide bonds. The van der Waals surface area contributed by atoms with Gasteiger partial charge in [-0.15, -0.1) is 0 Å². The topological polar surface area (TPSA) is 69.0 Å². The van der Waals surface area contributed by atoms with Crippen LogP contribution in [0.5, 0.6) is 5.75 Å². The third-order valence-electron chi connectivity index (χ3n) is 1.57. The molecule has 1 aromatic carbocycles. The van der Waals surface area contributed by atoms with Crippen LogP contribution in [0.15, 0.2) is 23.3 Å². The molecule has 0 unspecified atom stereocenters. The van der Waals surface area contributed by atoms with Crippen LogP contribution < -0.4 is 0 Å². The summed E-state index contributed by atoms with van der Waals surface area (Å²) in [5.74, 6) is 4.67. The number of halogens is 1. The van der Waals surface area contributed by atoms with Gasteiger partial charge >= 0.3 is 0 Å². The van der Waals surface area contributed by atoms with Gasteiger partial charge in [-0.2, -0.15) is 0 Å². The summed E-state index contributed by atoms with van der Waals surface area (Å²) in [6.07, 6.45) is 0.360. The second-order valence-corrected chi connectivity index (χ2v) is 2.67. The normalized spacial score (nSPS) is 8.60. The molecule has 0 fully saturated rings. The predicted octanol–water partition coefficient (Wildman–Crippen LogP) is 2.58. The molecule has 1 N–H and O–H groups in total. The fraction of sp³-hybridized carbons (Fsp3) is 0.200. The molecule has 0 bridgehead atoms. The van der Waals surface area contributed by atoms with Crippen LogP contribution in [0.3, 0.4) is 0 Å². The zero-order chi connectivity index (χ0) is 11.1. The van der Waals surface area contributed by atoms with Crippen LogP contribution in [-0.4, -0.2) is 11.7 Å². The largest absolute Gasteiger partial charge is 0.508 e. The maximum absolute atomic E-state index is 13.0. The fourth-order valence-electron chi connectivity index (χ4n) is 0.917. The molecule has 1 aromatic rings. The highest BCUT2D eigenvalue weighted by atomic mass is 19.1. The lowest BCUT2D eigenvalue weighted by Gasteiger charge is -1.94. The van der Waals surface area contributed by atoms with Crippen LogP contribution in [0.25, 0.3) is 10.4 Å². The van der Waals surface area contributed by atoms with Gasteiger partial charge in [0.25, 0.3) is 0 Å². The van der Waals surface area contributed by atoms with Crippen molar-refractivity contribution in [3.05, 3.63) is 40.0 Å². The highest BCUT2D eigenvalue weighted by Crippen LogP contribution is 2.13. The minimum Gasteiger partial charge on any atom is -0.508 e. The van der Waals surface area contributed by atoms with Gasteiger partial charge in [0.2, 0.25) is 0 Å². The van der Waals surface area contributed by atoms with Crippen LogP contribution in [0.4, 0.5) is 4.39 Å². The van der Waals surface area contributed by atoms with E-state index in [0.29, 0.717) is 6.42 Å². The Kier molecular flexibility index (Phi) is 4.02. The first-order valence-corrected chi connectivity index (χ1v) is 4.22. The van der Waals surface area contributed by atoms with Gasteiger partial charge in [0.1, 0.15) is 11.6 Å². The van der Waals surface area contributed by atoms with Gasteiger partial charge in [0, 0.05) is 17.9 Å². The Hall–Kier alpha value is -2.18. The standard InChI is InChI=1S/C10H8FN3O/c11-10-5-4-9(15)7-8(10)3-1-2-6-13-14-12/h4-5,7,15H,2,6H2. The van der Waals surface area contributed by atoms with Crippen molar-refractivity contribution in [2.45, 2.75) is 6.42 Å². The van der Waals surface area contributed by atoms with Crippen LogP contribution in [0.1, 0.15) is 12.0 Å². The van der Waals surface area contributed by atoms with Gasteiger partial charge in [-0.25, -0.2) is 4.39 Å². The van der Waals surface area contributed by atoms with Crippen LogP contribution in [0.2, 0.25) is 0 Å². The monoisotopic (exact) mass is 205 g/mol. The van der Waals surface area contributed by atoms with E-state index in [9.17, 15) is 4.39 Å². The van der Waals surface area contributed by atoms with Crippen LogP contribution >= 0.6 is 0 Å². The average molecular weight is 205 g/mol. The number of benzene rings is 1. The van der Waals surface area contributed by atoms with E-state index in [1.54, 1.807) is 0 Å². The fourth-order valence-corrected chi connectivity index (χ4v) is 0.917. The van der Waals surface area contributed by atoms with Crippen molar-refractivity contribution >= 4 is 0 Å². The molecule has 0 radical (unpaired) electrons. The molecular formula is C10H8FN3O. The molecule has 76 valence electrons. The SMILES string of the molecule is [N-]=[N+]=NCCC#Cc1cc(O)ccc1F. The Balaban J connectivity index is 2.70. The number of phenolic OH excluding ortho intramolecular Hbond substituents is 1. The predicted molar refractivity (Wildman–Crippen MR) is 53.6 cm³/mol. The number of nitrogens with zero attached hydrogens (tertiary/aromatic N) is 3. The third-order valence-corrected chi connectivity index (χ3v) is 1.57. The minimum absolute atomic E-state index is 0.0317. The van der Waals surface area contributed by atoms with E-state index in [1.165, 1.54) is 12.1 Å². The molecule has 0 aliphatic rings. The zero-order valence-corrected chi connectivity index (χ0v) is 7.81. The molecule has 0 aliphatic carbocycles. The van der Waals surface area contributed by atoms with E-state index in [0.717, 1.165) is 6.07 Å². The minimum atomic E-state index is -0.482. The van der Waals surface area contributed by atoms with Crippen molar-refractivity contribution in [1.29, 1.82) is 0 Å². The summed E-state index contributed by atoms with van der Waals surface area (Å²) in [5, 5.41) is 12.4. The Labute approximate surface area is 86.0 Å². The molecule has 0 atom stereocenters. The van der Waals surface area contributed by atoms with E-state index in [-0.39, 0.29) is 17.9 Å². The summed E-state index contributed by atoms with van der Waals surface area (Å²) in [4.78, 5) is 2.56. The van der Waals surface area contributed by atoms with E-state index < -0.39 is 5.82 Å². The summed E-state index contributed by atoms with van der Waals surface area (Å²) in [5.41, 5.74) is 8.12. The smallest absolute Gasteiger partial charge is 0.139 e. The molecule has 0 saturated carbocycles. The summed E-state index contributed by atoms with van der Waals surface area (Å²) in [6, 6.07) is 3.64. The summed E-state index contributed by atoms with van der Waals surface area (Å²) in [7, 11) is 0. The van der Waals surface area contributed by atoms with Gasteiger partial charge in [-0.05, 0) is 23.7 Å². The molecule has 1 rings (SSSR count). The molecule has 0 heterocycles. The van der Waals surface area contributed by atoms with Gasteiger partial charge in [-0.1, -0.05) is 17.0 Å². The second kappa shape index (κ2) is 5.53. The lowest BCUT2D eigenvalue weighted by molar-refractivity contribution is 0.472. The Bertz CT molecular complexity index is 455. The Morgan fingerprint density at radius 1 is 1.53 bits per heavy atom. The number of phenols is 1. The van der Waals surface area contributed by atoms with E-state index in [4.69, 9.17) is 10.6 Å². The first-order valence-electron chi connectivity index (χ1n) is 4.22. The summed E-state index contributed by atoms with van der Waals surface area (Å²) in [6.45, 7) is 0.254. The summed E-state index contributed by atoms with van der Waals surface area (Å²) >= 11 is 0. The number of azide groups is 1. The first kappa shape index (κ1) is 10.9. The molecule has 0 spiro atoms. The number of aromatic hydroxyl groups is 1. The van der Waals surface area contributed by atoms with Crippen molar-refractivity contribution in [2.24, 2.45) is 5.11 Å². The highest BCUT2D eigenvalue weighted by molar-refractivity contribution is 5.40. The van der Waals surface area contributed by atoms with Crippen LogP contribution in [-0.2, 0) is 0 Å². The maximum Gasteiger partial charge on any atom is 0.139 e. The van der Waals surface area contributed by atoms with Crippen molar-refractivity contribution in [2.75, 3.05) is 6.54 Å². The van der Waals surface area contributed by atoms with Crippen molar-refractivity contribution in [1.82, 2.24) is 0 Å². The lowest BCUT2D eigenvalue weighted by Crippen LogP contribution is -1.82. The van der Waals surface area contributed by atoms with Gasteiger partial charge in [0.15, 0.2) is 0 Å². The lowest BCUT2D eigenvalue weighted by atomic mass is 10.2. The molecule has 0 aliphatic heterocycles. The van der Waals surface area contributed by atoms with E-state index in [2.05, 4.69) is 21.9 Å². The van der Waals surface area contributed by atoms with Gasteiger partial charge in [-0.3, -0.25) is 0 Å². The third kappa shape index (κ3) is 3.59. The van der Waals surface area contributed by atoms with E-state index >= 15 is 0 Å². The number of hydrogen-bond donors (Lipinski definition) is 1. The van der Waals surface area contributed by atoms with E-state index in [1.807, 2.05) is 0 Å². The highest BCUT2D eigenvalue weighted by Gasteiger charge is 1.98. The molecule has 15 heavy (non-hydrogen) atoms. The van der Waals surface area contributed by atoms with Crippen molar-refractivity contribution < 1.29 is 9.50 Å². The average Bonchev–Trinajstić information content (AvgIpc) is 2.23.